The summed E-state index contributed by atoms with van der Waals surface area (Å²) >= 11 is 0. The summed E-state index contributed by atoms with van der Waals surface area (Å²) < 4.78 is 36.1. The van der Waals surface area contributed by atoms with E-state index in [4.69, 9.17) is 10.5 Å². The van der Waals surface area contributed by atoms with Crippen molar-refractivity contribution in [2.24, 2.45) is 5.73 Å². The fraction of sp³-hybridized carbons (Fsp3) is 0.462. The van der Waals surface area contributed by atoms with Crippen molar-refractivity contribution in [3.63, 3.8) is 0 Å². The van der Waals surface area contributed by atoms with Gasteiger partial charge in [0, 0.05) is 24.6 Å². The monoisotopic (exact) mass is 271 g/mol. The molecule has 1 fully saturated rings. The van der Waals surface area contributed by atoms with Crippen LogP contribution in [0.3, 0.4) is 0 Å². The fourth-order valence-corrected chi connectivity index (χ4v) is 2.31. The van der Waals surface area contributed by atoms with Gasteiger partial charge >= 0.3 is 5.97 Å². The summed E-state index contributed by atoms with van der Waals surface area (Å²) in [7, 11) is 1.27. The van der Waals surface area contributed by atoms with E-state index < -0.39 is 23.1 Å². The van der Waals surface area contributed by atoms with Crippen molar-refractivity contribution in [2.45, 2.75) is 30.9 Å². The van der Waals surface area contributed by atoms with Gasteiger partial charge in [-0.1, -0.05) is 0 Å². The number of methoxy groups -OCH3 is 1. The van der Waals surface area contributed by atoms with Gasteiger partial charge in [0.15, 0.2) is 0 Å². The average Bonchev–Trinajstić information content (AvgIpc) is 2.69. The summed E-state index contributed by atoms with van der Waals surface area (Å²) in [6, 6.07) is 2.96. The third-order valence-corrected chi connectivity index (χ3v) is 3.24. The van der Waals surface area contributed by atoms with Gasteiger partial charge in [0.2, 0.25) is 0 Å². The molecule has 19 heavy (non-hydrogen) atoms. The predicted molar refractivity (Wildman–Crippen MR) is 63.6 cm³/mol. The largest absolute Gasteiger partial charge is 0.490 e. The van der Waals surface area contributed by atoms with Gasteiger partial charge in [-0.25, -0.2) is 8.78 Å². The molecule has 2 N–H and O–H groups in total. The van der Waals surface area contributed by atoms with Crippen LogP contribution in [0.2, 0.25) is 0 Å². The van der Waals surface area contributed by atoms with Crippen LogP contribution in [-0.2, 0) is 9.53 Å². The molecule has 1 aliphatic rings. The zero-order valence-corrected chi connectivity index (χ0v) is 10.5. The van der Waals surface area contributed by atoms with Gasteiger partial charge in [-0.15, -0.1) is 0 Å². The molecular formula is C13H15F2NO3. The van der Waals surface area contributed by atoms with E-state index in [0.717, 1.165) is 18.2 Å². The quantitative estimate of drug-likeness (QED) is 0.851. The first-order valence-corrected chi connectivity index (χ1v) is 5.93. The zero-order chi connectivity index (χ0) is 14.0. The lowest BCUT2D eigenvalue weighted by Gasteiger charge is -2.20. The molecule has 1 aromatic carbocycles. The van der Waals surface area contributed by atoms with E-state index in [0.29, 0.717) is 12.8 Å². The Balaban J connectivity index is 2.04. The molecule has 0 aliphatic heterocycles. The molecule has 1 aliphatic carbocycles. The average molecular weight is 271 g/mol. The van der Waals surface area contributed by atoms with Crippen molar-refractivity contribution >= 4 is 5.97 Å². The van der Waals surface area contributed by atoms with E-state index >= 15 is 0 Å². The van der Waals surface area contributed by atoms with E-state index in [2.05, 4.69) is 4.74 Å². The Morgan fingerprint density at radius 3 is 2.58 bits per heavy atom. The van der Waals surface area contributed by atoms with Gasteiger partial charge in [-0.2, -0.15) is 0 Å². The van der Waals surface area contributed by atoms with Crippen molar-refractivity contribution in [2.75, 3.05) is 7.11 Å². The first kappa shape index (κ1) is 13.7. The first-order chi connectivity index (χ1) is 8.93. The molecule has 1 saturated carbocycles. The highest BCUT2D eigenvalue weighted by Gasteiger charge is 2.44. The Morgan fingerprint density at radius 2 is 2.00 bits per heavy atom. The van der Waals surface area contributed by atoms with Crippen molar-refractivity contribution in [3.05, 3.63) is 29.8 Å². The first-order valence-electron chi connectivity index (χ1n) is 5.93. The van der Waals surface area contributed by atoms with Crippen LogP contribution in [0.1, 0.15) is 19.3 Å². The summed E-state index contributed by atoms with van der Waals surface area (Å²) in [6.07, 6.45) is 0.856. The molecule has 2 atom stereocenters. The van der Waals surface area contributed by atoms with Crippen molar-refractivity contribution in [1.29, 1.82) is 0 Å². The van der Waals surface area contributed by atoms with Gasteiger partial charge < -0.3 is 15.2 Å². The van der Waals surface area contributed by atoms with E-state index in [1.807, 2.05) is 0 Å². The van der Waals surface area contributed by atoms with Gasteiger partial charge in [0.25, 0.3) is 0 Å². The number of benzene rings is 1. The number of halogens is 2. The molecule has 4 nitrogen and oxygen atoms in total. The van der Waals surface area contributed by atoms with Crippen LogP contribution in [0.5, 0.6) is 5.75 Å². The number of carbonyl (C=O) groups excluding carboxylic acids is 1. The van der Waals surface area contributed by atoms with Gasteiger partial charge in [-0.3, -0.25) is 4.79 Å². The van der Waals surface area contributed by atoms with E-state index in [9.17, 15) is 13.6 Å². The predicted octanol–water partition coefficient (Wildman–Crippen LogP) is 1.77. The number of nitrogens with two attached hydrogens (primary N) is 1. The van der Waals surface area contributed by atoms with E-state index in [-0.39, 0.29) is 18.3 Å². The second-order valence-corrected chi connectivity index (χ2v) is 4.74. The third-order valence-electron chi connectivity index (χ3n) is 3.24. The lowest BCUT2D eigenvalue weighted by molar-refractivity contribution is -0.147. The lowest BCUT2D eigenvalue weighted by atomic mass is 10.00. The maximum atomic E-state index is 13.0. The molecule has 2 rings (SSSR count). The summed E-state index contributed by atoms with van der Waals surface area (Å²) in [5, 5.41) is 0. The number of rotatable bonds is 3. The lowest BCUT2D eigenvalue weighted by Crippen LogP contribution is -2.47. The molecule has 0 heterocycles. The smallest absolute Gasteiger partial charge is 0.325 e. The molecular weight excluding hydrogens is 256 g/mol. The normalized spacial score (nSPS) is 26.2. The van der Waals surface area contributed by atoms with Gasteiger partial charge in [0.05, 0.1) is 7.11 Å². The summed E-state index contributed by atoms with van der Waals surface area (Å²) in [4.78, 5) is 11.5. The van der Waals surface area contributed by atoms with Crippen molar-refractivity contribution < 1.29 is 23.0 Å². The molecule has 0 spiro atoms. The highest BCUT2D eigenvalue weighted by atomic mass is 19.1. The number of esters is 1. The maximum Gasteiger partial charge on any atom is 0.325 e. The Bertz CT molecular complexity index is 475. The molecule has 2 unspecified atom stereocenters. The molecule has 1 aromatic rings. The van der Waals surface area contributed by atoms with Crippen molar-refractivity contribution in [1.82, 2.24) is 0 Å². The van der Waals surface area contributed by atoms with Crippen LogP contribution in [0.25, 0.3) is 0 Å². The van der Waals surface area contributed by atoms with Crippen LogP contribution < -0.4 is 10.5 Å². The molecule has 0 bridgehead atoms. The van der Waals surface area contributed by atoms with Gasteiger partial charge in [-0.05, 0) is 12.8 Å². The SMILES string of the molecule is COC(=O)C1(N)CCC(Oc2cc(F)cc(F)c2)C1. The minimum absolute atomic E-state index is 0.0941. The molecule has 0 amide bonds. The highest BCUT2D eigenvalue weighted by molar-refractivity contribution is 5.80. The maximum absolute atomic E-state index is 13.0. The Labute approximate surface area is 109 Å². The van der Waals surface area contributed by atoms with Crippen LogP contribution in [0, 0.1) is 11.6 Å². The minimum atomic E-state index is -1.08. The van der Waals surface area contributed by atoms with Gasteiger partial charge in [0.1, 0.15) is 29.0 Å². The zero-order valence-electron chi connectivity index (χ0n) is 10.5. The molecule has 0 aromatic heterocycles. The molecule has 0 radical (unpaired) electrons. The summed E-state index contributed by atoms with van der Waals surface area (Å²) in [6.45, 7) is 0. The topological polar surface area (TPSA) is 61.5 Å². The van der Waals surface area contributed by atoms with Crippen LogP contribution in [0.4, 0.5) is 8.78 Å². The molecule has 0 saturated heterocycles. The highest BCUT2D eigenvalue weighted by Crippen LogP contribution is 2.32. The second kappa shape index (κ2) is 5.13. The van der Waals surface area contributed by atoms with E-state index in [1.165, 1.54) is 7.11 Å². The summed E-state index contributed by atoms with van der Waals surface area (Å²) in [5.74, 6) is -1.82. The Kier molecular flexibility index (Phi) is 3.71. The molecule has 6 heteroatoms. The summed E-state index contributed by atoms with van der Waals surface area (Å²) in [5.41, 5.74) is 4.84. The fourth-order valence-electron chi connectivity index (χ4n) is 2.31. The molecule has 104 valence electrons. The minimum Gasteiger partial charge on any atom is -0.490 e. The number of hydrogen-bond acceptors (Lipinski definition) is 4. The Hall–Kier alpha value is -1.69. The van der Waals surface area contributed by atoms with Crippen molar-refractivity contribution in [3.8, 4) is 5.75 Å². The number of ether oxygens (including phenoxy) is 2. The van der Waals surface area contributed by atoms with Crippen LogP contribution in [-0.4, -0.2) is 24.7 Å². The standard InChI is InChI=1S/C13H15F2NO3/c1-18-12(17)13(16)3-2-10(7-13)19-11-5-8(14)4-9(15)6-11/h4-6,10H,2-3,7,16H2,1H3. The number of hydrogen-bond donors (Lipinski definition) is 1. The second-order valence-electron chi connectivity index (χ2n) is 4.74. The third kappa shape index (κ3) is 3.01. The Morgan fingerprint density at radius 1 is 1.37 bits per heavy atom. The van der Waals surface area contributed by atoms with E-state index in [1.54, 1.807) is 0 Å². The van der Waals surface area contributed by atoms with Crippen LogP contribution in [0.15, 0.2) is 18.2 Å². The number of carbonyl (C=O) groups is 1. The van der Waals surface area contributed by atoms with Crippen LogP contribution >= 0.6 is 0 Å².